The molecule has 0 N–H and O–H groups in total. The Kier molecular flexibility index (Phi) is 13.0. The molecule has 10 heteroatoms. The molecular weight excluding hydrogens is 799 g/mol. The zero-order chi connectivity index (χ0) is 45.9. The third-order valence-corrected chi connectivity index (χ3v) is 12.3. The van der Waals surface area contributed by atoms with E-state index in [2.05, 4.69) is 89.2 Å². The molecule has 2 aliphatic heterocycles. The summed E-state index contributed by atoms with van der Waals surface area (Å²) < 4.78 is 18.1. The van der Waals surface area contributed by atoms with Crippen LogP contribution in [0.15, 0.2) is 133 Å². The van der Waals surface area contributed by atoms with Gasteiger partial charge in [-0.15, -0.1) is 0 Å². The van der Waals surface area contributed by atoms with Crippen LogP contribution in [0.3, 0.4) is 0 Å². The number of anilines is 5. The van der Waals surface area contributed by atoms with Crippen LogP contribution in [0, 0.1) is 0 Å². The van der Waals surface area contributed by atoms with Gasteiger partial charge in [0, 0.05) is 131 Å². The first kappa shape index (κ1) is 45.1. The molecule has 10 nitrogen and oxygen atoms in total. The van der Waals surface area contributed by atoms with Gasteiger partial charge >= 0.3 is 11.9 Å². The Balaban J connectivity index is 0.000000192. The van der Waals surface area contributed by atoms with E-state index < -0.39 is 11.2 Å². The van der Waals surface area contributed by atoms with Crippen molar-refractivity contribution in [2.75, 3.05) is 101 Å². The van der Waals surface area contributed by atoms with Crippen molar-refractivity contribution in [3.8, 4) is 5.75 Å². The van der Waals surface area contributed by atoms with Crippen LogP contribution < -0.4 is 29.2 Å². The normalized spacial score (nSPS) is 14.0. The van der Waals surface area contributed by atoms with Crippen LogP contribution in [0.1, 0.15) is 74.9 Å². The Morgan fingerprint density at radius 1 is 0.422 bits per heavy atom. The summed E-state index contributed by atoms with van der Waals surface area (Å²) in [6.07, 6.45) is 0. The fourth-order valence-corrected chi connectivity index (χ4v) is 8.72. The van der Waals surface area contributed by atoms with Gasteiger partial charge in [0.15, 0.2) is 11.2 Å². The molecule has 0 amide bonds. The van der Waals surface area contributed by atoms with Crippen LogP contribution in [0.25, 0.3) is 0 Å². The van der Waals surface area contributed by atoms with Gasteiger partial charge in [0.05, 0.1) is 17.7 Å². The van der Waals surface area contributed by atoms with Crippen molar-refractivity contribution in [3.63, 3.8) is 0 Å². The topological polar surface area (TPSA) is 78.0 Å². The minimum Gasteiger partial charge on any atom is -0.494 e. The van der Waals surface area contributed by atoms with Crippen molar-refractivity contribution in [2.24, 2.45) is 0 Å². The molecule has 0 unspecified atom stereocenters. The van der Waals surface area contributed by atoms with Crippen LogP contribution in [-0.2, 0) is 20.7 Å². The fourth-order valence-electron chi connectivity index (χ4n) is 8.72. The van der Waals surface area contributed by atoms with Gasteiger partial charge in [0.2, 0.25) is 0 Å². The van der Waals surface area contributed by atoms with Crippen molar-refractivity contribution in [2.45, 2.75) is 32.0 Å². The highest BCUT2D eigenvalue weighted by Crippen LogP contribution is 2.50. The summed E-state index contributed by atoms with van der Waals surface area (Å²) in [5.74, 6) is 0.0391. The van der Waals surface area contributed by atoms with Crippen molar-refractivity contribution >= 4 is 40.4 Å². The molecule has 6 aromatic rings. The number of hydrogen-bond acceptors (Lipinski definition) is 10. The first-order valence-electron chi connectivity index (χ1n) is 21.9. The number of rotatable bonds is 13. The summed E-state index contributed by atoms with van der Waals surface area (Å²) in [5.41, 5.74) is 9.99. The Bertz CT molecular complexity index is 2480. The van der Waals surface area contributed by atoms with Crippen molar-refractivity contribution in [3.05, 3.63) is 178 Å². The van der Waals surface area contributed by atoms with Crippen molar-refractivity contribution in [1.29, 1.82) is 0 Å². The first-order valence-corrected chi connectivity index (χ1v) is 21.9. The number of nitrogens with zero attached hydrogens (tertiary/aromatic N) is 5. The lowest BCUT2D eigenvalue weighted by atomic mass is 9.79. The summed E-state index contributed by atoms with van der Waals surface area (Å²) in [6.45, 7) is 8.47. The summed E-state index contributed by atoms with van der Waals surface area (Å²) >= 11 is 0. The molecule has 0 radical (unpaired) electrons. The SMILES string of the molecule is CCN(CC)c1ccc2c(c1)C(=O)OC2(c1ccc(N(C)C)cc1)c1ccc(N(C)C)cc1.CCOc1ccc2c(c1)C(=O)OC2(c1ccc(N(C)C)cc1)c1ccc(N(C)C)cc1. The summed E-state index contributed by atoms with van der Waals surface area (Å²) in [5, 5.41) is 0. The van der Waals surface area contributed by atoms with Crippen molar-refractivity contribution < 1.29 is 23.8 Å². The molecule has 0 atom stereocenters. The molecule has 8 rings (SSSR count). The second-order valence-corrected chi connectivity index (χ2v) is 16.9. The van der Waals surface area contributed by atoms with Crippen LogP contribution in [0.5, 0.6) is 5.75 Å². The molecule has 0 spiro atoms. The van der Waals surface area contributed by atoms with Crippen molar-refractivity contribution in [1.82, 2.24) is 0 Å². The Morgan fingerprint density at radius 2 is 0.734 bits per heavy atom. The van der Waals surface area contributed by atoms with Crippen LogP contribution in [0.4, 0.5) is 28.4 Å². The van der Waals surface area contributed by atoms with Gasteiger partial charge in [-0.3, -0.25) is 0 Å². The number of hydrogen-bond donors (Lipinski definition) is 0. The second-order valence-electron chi connectivity index (χ2n) is 16.9. The van der Waals surface area contributed by atoms with Gasteiger partial charge < -0.3 is 38.7 Å². The lowest BCUT2D eigenvalue weighted by Crippen LogP contribution is -2.29. The van der Waals surface area contributed by atoms with E-state index in [0.29, 0.717) is 23.5 Å². The zero-order valence-corrected chi connectivity index (χ0v) is 39.1. The third kappa shape index (κ3) is 8.20. The highest BCUT2D eigenvalue weighted by Gasteiger charge is 2.50. The smallest absolute Gasteiger partial charge is 0.340 e. The average Bonchev–Trinajstić information content (AvgIpc) is 3.77. The molecule has 0 saturated carbocycles. The van der Waals surface area contributed by atoms with E-state index in [0.717, 1.165) is 74.9 Å². The van der Waals surface area contributed by atoms with Crippen LogP contribution >= 0.6 is 0 Å². The minimum atomic E-state index is -1.01. The van der Waals surface area contributed by atoms with E-state index in [1.54, 1.807) is 6.07 Å². The van der Waals surface area contributed by atoms with E-state index >= 15 is 0 Å². The number of carbonyl (C=O) groups is 2. The molecule has 6 aromatic carbocycles. The van der Waals surface area contributed by atoms with E-state index in [1.807, 2.05) is 140 Å². The molecular formula is C54H61N5O5. The molecule has 0 aromatic heterocycles. The van der Waals surface area contributed by atoms with E-state index in [1.165, 1.54) is 0 Å². The molecule has 0 aliphatic carbocycles. The molecule has 0 saturated heterocycles. The maximum atomic E-state index is 13.3. The highest BCUT2D eigenvalue weighted by molar-refractivity contribution is 5.98. The monoisotopic (exact) mass is 859 g/mol. The van der Waals surface area contributed by atoms with Gasteiger partial charge in [0.25, 0.3) is 0 Å². The predicted octanol–water partition coefficient (Wildman–Crippen LogP) is 9.81. The molecule has 0 fully saturated rings. The number of esters is 2. The number of ether oxygens (including phenoxy) is 3. The van der Waals surface area contributed by atoms with Gasteiger partial charge in [-0.1, -0.05) is 54.6 Å². The summed E-state index contributed by atoms with van der Waals surface area (Å²) in [7, 11) is 16.1. The number of benzene rings is 6. The number of cyclic esters (lactones) is 2. The average molecular weight is 860 g/mol. The third-order valence-electron chi connectivity index (χ3n) is 12.3. The Labute approximate surface area is 379 Å². The maximum Gasteiger partial charge on any atom is 0.340 e. The summed E-state index contributed by atoms with van der Waals surface area (Å²) in [6, 6.07) is 44.7. The fraction of sp³-hybridized carbons (Fsp3) is 0.296. The molecule has 64 heavy (non-hydrogen) atoms. The predicted molar refractivity (Wildman–Crippen MR) is 261 cm³/mol. The van der Waals surface area contributed by atoms with Crippen LogP contribution in [-0.4, -0.2) is 88.0 Å². The van der Waals surface area contributed by atoms with Gasteiger partial charge in [-0.05, 0) is 99.6 Å². The van der Waals surface area contributed by atoms with E-state index in [9.17, 15) is 9.59 Å². The Hall–Kier alpha value is -6.94. The minimum absolute atomic E-state index is 0.285. The standard InChI is InChI=1S/C28H33N3O2.C26H28N2O3/c1-7-31(8-2)24-17-18-26-25(19-24)27(32)33-28(26,20-9-13-22(14-10-20)29(3)4)21-11-15-23(16-12-21)30(5)6;1-6-30-22-15-16-24-23(17-22)25(29)31-26(24,18-7-11-20(12-8-18)27(2)3)19-9-13-21(14-10-19)28(4)5/h9-19H,7-8H2,1-6H3;7-17H,6H2,1-5H3. The molecule has 2 heterocycles. The maximum absolute atomic E-state index is 13.3. The quantitative estimate of drug-likeness (QED) is 0.105. The number of fused-ring (bicyclic) bond motifs is 2. The zero-order valence-electron chi connectivity index (χ0n) is 39.1. The number of carbonyl (C=O) groups excluding carboxylic acids is 2. The second kappa shape index (κ2) is 18.4. The first-order chi connectivity index (χ1) is 30.7. The highest BCUT2D eigenvalue weighted by atomic mass is 16.6. The van der Waals surface area contributed by atoms with Gasteiger partial charge in [0.1, 0.15) is 5.75 Å². The van der Waals surface area contributed by atoms with Crippen LogP contribution in [0.2, 0.25) is 0 Å². The van der Waals surface area contributed by atoms with Gasteiger partial charge in [-0.2, -0.15) is 0 Å². The Morgan fingerprint density at radius 3 is 1.05 bits per heavy atom. The van der Waals surface area contributed by atoms with E-state index in [-0.39, 0.29) is 11.9 Å². The largest absolute Gasteiger partial charge is 0.494 e. The van der Waals surface area contributed by atoms with E-state index in [4.69, 9.17) is 14.2 Å². The van der Waals surface area contributed by atoms with Gasteiger partial charge in [-0.25, -0.2) is 9.59 Å². The lowest BCUT2D eigenvalue weighted by Gasteiger charge is -2.31. The lowest BCUT2D eigenvalue weighted by molar-refractivity contribution is 0.0242. The molecule has 0 bridgehead atoms. The molecule has 2 aliphatic rings. The molecule has 332 valence electrons. The summed E-state index contributed by atoms with van der Waals surface area (Å²) in [4.78, 5) is 36.8.